The quantitative estimate of drug-likeness (QED) is 0.0262. The standard InChI is InChI=1S/C61H96O6/c1-4-7-10-13-16-19-22-24-26-28-30-32-34-36-39-41-44-47-50-53-59(62)65-56-58(67-61(64)55-52-49-46-43-38-21-18-15-12-9-6-3)57-66-60(63)54-51-48-45-42-40-37-35-33-31-29-27-25-23-20-17-14-11-8-5-2/h15-20,24-27,30-33,36-37,39-40,44-45,47-48,58H,4-14,21-23,28-29,34-35,38,41-43,46,49-57H2,1-3H3/b18-15-,19-16-,20-17-,26-24-,27-25-,32-30-,33-31-,39-36-,40-37-,47-44-,48-45-. The van der Waals surface area contributed by atoms with Gasteiger partial charge >= 0.3 is 17.9 Å². The Bertz CT molecular complexity index is 1390. The van der Waals surface area contributed by atoms with E-state index in [0.29, 0.717) is 12.8 Å². The minimum atomic E-state index is -0.846. The van der Waals surface area contributed by atoms with Gasteiger partial charge < -0.3 is 14.2 Å². The molecule has 0 N–H and O–H groups in total. The topological polar surface area (TPSA) is 78.9 Å². The molecule has 0 aliphatic heterocycles. The Morgan fingerprint density at radius 1 is 0.299 bits per heavy atom. The summed E-state index contributed by atoms with van der Waals surface area (Å²) in [5.41, 5.74) is 0. The zero-order valence-electron chi connectivity index (χ0n) is 42.9. The second kappa shape index (κ2) is 54.2. The highest BCUT2D eigenvalue weighted by atomic mass is 16.6. The number of carbonyl (C=O) groups is 3. The highest BCUT2D eigenvalue weighted by Gasteiger charge is 2.19. The summed E-state index contributed by atoms with van der Waals surface area (Å²) in [7, 11) is 0. The Kier molecular flexibility index (Phi) is 50.6. The summed E-state index contributed by atoms with van der Waals surface area (Å²) in [6.07, 6.45) is 76.0. The average Bonchev–Trinajstić information content (AvgIpc) is 3.33. The molecule has 0 spiro atoms. The van der Waals surface area contributed by atoms with Gasteiger partial charge in [0.15, 0.2) is 6.10 Å². The Labute approximate surface area is 411 Å². The molecule has 0 bridgehead atoms. The van der Waals surface area contributed by atoms with Crippen LogP contribution >= 0.6 is 0 Å². The lowest BCUT2D eigenvalue weighted by Crippen LogP contribution is -2.30. The Balaban J connectivity index is 4.59. The van der Waals surface area contributed by atoms with Gasteiger partial charge in [0.25, 0.3) is 0 Å². The summed E-state index contributed by atoms with van der Waals surface area (Å²) < 4.78 is 16.6. The van der Waals surface area contributed by atoms with Gasteiger partial charge in [-0.1, -0.05) is 212 Å². The molecule has 0 saturated carbocycles. The van der Waals surface area contributed by atoms with Crippen LogP contribution in [-0.2, 0) is 28.6 Å². The van der Waals surface area contributed by atoms with E-state index in [1.807, 2.05) is 24.3 Å². The van der Waals surface area contributed by atoms with E-state index in [4.69, 9.17) is 14.2 Å². The van der Waals surface area contributed by atoms with Crippen LogP contribution in [0.15, 0.2) is 134 Å². The maximum atomic E-state index is 12.8. The third-order valence-corrected chi connectivity index (χ3v) is 10.6. The van der Waals surface area contributed by atoms with E-state index < -0.39 is 6.10 Å². The van der Waals surface area contributed by atoms with Gasteiger partial charge in [-0.05, 0) is 116 Å². The molecule has 0 aromatic heterocycles. The summed E-state index contributed by atoms with van der Waals surface area (Å²) in [4.78, 5) is 37.9. The second-order valence-electron chi connectivity index (χ2n) is 17.1. The Morgan fingerprint density at radius 2 is 0.582 bits per heavy atom. The zero-order valence-corrected chi connectivity index (χ0v) is 42.9. The summed E-state index contributed by atoms with van der Waals surface area (Å²) in [6, 6.07) is 0. The van der Waals surface area contributed by atoms with Gasteiger partial charge in [-0.2, -0.15) is 0 Å². The van der Waals surface area contributed by atoms with Crippen molar-refractivity contribution in [3.63, 3.8) is 0 Å². The fraction of sp³-hybridized carbons (Fsp3) is 0.590. The molecule has 0 saturated heterocycles. The molecule has 0 rings (SSSR count). The van der Waals surface area contributed by atoms with E-state index in [1.165, 1.54) is 64.2 Å². The second-order valence-corrected chi connectivity index (χ2v) is 17.1. The van der Waals surface area contributed by atoms with Crippen molar-refractivity contribution in [2.45, 2.75) is 219 Å². The van der Waals surface area contributed by atoms with E-state index in [9.17, 15) is 14.4 Å². The van der Waals surface area contributed by atoms with Crippen LogP contribution in [0.25, 0.3) is 0 Å². The van der Waals surface area contributed by atoms with Gasteiger partial charge in [-0.25, -0.2) is 0 Å². The lowest BCUT2D eigenvalue weighted by Gasteiger charge is -2.18. The molecule has 0 unspecified atom stereocenters. The van der Waals surface area contributed by atoms with Crippen LogP contribution in [0, 0.1) is 0 Å². The molecule has 0 aliphatic carbocycles. The summed E-state index contributed by atoms with van der Waals surface area (Å²) >= 11 is 0. The van der Waals surface area contributed by atoms with Crippen LogP contribution < -0.4 is 0 Å². The fourth-order valence-corrected chi connectivity index (χ4v) is 6.56. The number of carbonyl (C=O) groups excluding carboxylic acids is 3. The Morgan fingerprint density at radius 3 is 0.955 bits per heavy atom. The molecule has 6 nitrogen and oxygen atoms in total. The van der Waals surface area contributed by atoms with Gasteiger partial charge in [0.2, 0.25) is 0 Å². The smallest absolute Gasteiger partial charge is 0.306 e. The molecule has 67 heavy (non-hydrogen) atoms. The van der Waals surface area contributed by atoms with E-state index in [-0.39, 0.29) is 50.4 Å². The van der Waals surface area contributed by atoms with Crippen LogP contribution in [0.3, 0.4) is 0 Å². The molecule has 0 aromatic rings. The van der Waals surface area contributed by atoms with Crippen LogP contribution in [0.1, 0.15) is 213 Å². The maximum Gasteiger partial charge on any atom is 0.306 e. The number of allylic oxidation sites excluding steroid dienone is 22. The summed E-state index contributed by atoms with van der Waals surface area (Å²) in [5.74, 6) is -1.13. The van der Waals surface area contributed by atoms with E-state index >= 15 is 0 Å². The van der Waals surface area contributed by atoms with Gasteiger partial charge in [-0.15, -0.1) is 0 Å². The third-order valence-electron chi connectivity index (χ3n) is 10.6. The number of esters is 3. The molecule has 0 atom stereocenters. The highest BCUT2D eigenvalue weighted by Crippen LogP contribution is 2.11. The van der Waals surface area contributed by atoms with Crippen molar-refractivity contribution in [1.82, 2.24) is 0 Å². The molecule has 376 valence electrons. The molecule has 0 amide bonds. The Hall–Kier alpha value is -4.45. The third kappa shape index (κ3) is 52.4. The number of hydrogen-bond donors (Lipinski definition) is 0. The van der Waals surface area contributed by atoms with Gasteiger partial charge in [0.05, 0.1) is 0 Å². The normalized spacial score (nSPS) is 12.8. The zero-order chi connectivity index (χ0) is 48.6. The minimum Gasteiger partial charge on any atom is -0.462 e. The molecule has 0 radical (unpaired) electrons. The van der Waals surface area contributed by atoms with E-state index in [2.05, 4.69) is 130 Å². The monoisotopic (exact) mass is 925 g/mol. The molecule has 0 aromatic carbocycles. The number of hydrogen-bond acceptors (Lipinski definition) is 6. The van der Waals surface area contributed by atoms with Crippen molar-refractivity contribution in [3.05, 3.63) is 134 Å². The number of ether oxygens (including phenoxy) is 3. The number of unbranched alkanes of at least 4 members (excludes halogenated alkanes) is 13. The van der Waals surface area contributed by atoms with Crippen molar-refractivity contribution in [2.75, 3.05) is 13.2 Å². The molecule has 0 fully saturated rings. The fourth-order valence-electron chi connectivity index (χ4n) is 6.56. The summed E-state index contributed by atoms with van der Waals surface area (Å²) in [5, 5.41) is 0. The SMILES string of the molecule is CCCC/C=C\CCCCCCCC(=O)OC(COC(=O)CC/C=C\C/C=C\C/C=C\C/C=C\C/C=C\CCCCC)COC(=O)CC/C=C\C/C=C\C/C=C\C/C=C\C/C=C\CCCCC. The average molecular weight is 925 g/mol. The highest BCUT2D eigenvalue weighted by molar-refractivity contribution is 5.71. The molecular weight excluding hydrogens is 829 g/mol. The first-order chi connectivity index (χ1) is 33.0. The van der Waals surface area contributed by atoms with Gasteiger partial charge in [0.1, 0.15) is 13.2 Å². The van der Waals surface area contributed by atoms with Gasteiger partial charge in [0, 0.05) is 19.3 Å². The predicted molar refractivity (Wildman–Crippen MR) is 288 cm³/mol. The predicted octanol–water partition coefficient (Wildman–Crippen LogP) is 17.9. The van der Waals surface area contributed by atoms with Crippen molar-refractivity contribution in [1.29, 1.82) is 0 Å². The molecule has 6 heteroatoms. The summed E-state index contributed by atoms with van der Waals surface area (Å²) in [6.45, 7) is 6.38. The lowest BCUT2D eigenvalue weighted by atomic mass is 10.1. The first-order valence-corrected chi connectivity index (χ1v) is 26.7. The van der Waals surface area contributed by atoms with Crippen molar-refractivity contribution >= 4 is 17.9 Å². The van der Waals surface area contributed by atoms with Gasteiger partial charge in [-0.3, -0.25) is 14.4 Å². The molecular formula is C61H96O6. The van der Waals surface area contributed by atoms with Crippen molar-refractivity contribution in [3.8, 4) is 0 Å². The van der Waals surface area contributed by atoms with E-state index in [1.54, 1.807) is 0 Å². The van der Waals surface area contributed by atoms with Crippen LogP contribution in [0.2, 0.25) is 0 Å². The molecule has 0 heterocycles. The minimum absolute atomic E-state index is 0.148. The van der Waals surface area contributed by atoms with Crippen LogP contribution in [0.5, 0.6) is 0 Å². The first kappa shape index (κ1) is 62.5. The van der Waals surface area contributed by atoms with Crippen molar-refractivity contribution in [2.24, 2.45) is 0 Å². The van der Waals surface area contributed by atoms with E-state index in [0.717, 1.165) is 96.3 Å². The first-order valence-electron chi connectivity index (χ1n) is 26.7. The van der Waals surface area contributed by atoms with Crippen LogP contribution in [-0.4, -0.2) is 37.2 Å². The van der Waals surface area contributed by atoms with Crippen molar-refractivity contribution < 1.29 is 28.6 Å². The molecule has 0 aliphatic rings. The van der Waals surface area contributed by atoms with Crippen LogP contribution in [0.4, 0.5) is 0 Å². The maximum absolute atomic E-state index is 12.8. The lowest BCUT2D eigenvalue weighted by molar-refractivity contribution is -0.166. The largest absolute Gasteiger partial charge is 0.462 e. The number of rotatable bonds is 46.